The summed E-state index contributed by atoms with van der Waals surface area (Å²) in [6.07, 6.45) is 4.93. The van der Waals surface area contributed by atoms with E-state index in [9.17, 15) is 4.79 Å². The summed E-state index contributed by atoms with van der Waals surface area (Å²) in [7, 11) is 1.44. The molecule has 0 saturated heterocycles. The number of nitrogen functional groups attached to an aromatic ring is 1. The van der Waals surface area contributed by atoms with E-state index in [-0.39, 0.29) is 17.9 Å². The number of hydrogen-bond acceptors (Lipinski definition) is 7. The fourth-order valence-electron chi connectivity index (χ4n) is 4.00. The second kappa shape index (κ2) is 9.47. The molecule has 1 heterocycles. The van der Waals surface area contributed by atoms with E-state index >= 15 is 0 Å². The molecule has 0 amide bonds. The third kappa shape index (κ3) is 4.94. The van der Waals surface area contributed by atoms with E-state index in [0.29, 0.717) is 18.1 Å². The van der Waals surface area contributed by atoms with Crippen molar-refractivity contribution in [3.8, 4) is 22.6 Å². The van der Waals surface area contributed by atoms with Crippen LogP contribution < -0.4 is 15.8 Å². The van der Waals surface area contributed by atoms with Crippen LogP contribution in [0, 0.1) is 5.92 Å². The lowest BCUT2D eigenvalue weighted by Crippen LogP contribution is -2.32. The van der Waals surface area contributed by atoms with Crippen molar-refractivity contribution in [3.63, 3.8) is 0 Å². The van der Waals surface area contributed by atoms with Gasteiger partial charge in [0.05, 0.1) is 18.6 Å². The number of anilines is 2. The molecule has 3 aromatic rings. The molecule has 3 N–H and O–H groups in total. The Kier molecular flexibility index (Phi) is 6.31. The number of nitrogens with zero attached hydrogens (tertiary/aromatic N) is 2. The third-order valence-corrected chi connectivity index (χ3v) is 5.55. The number of carbonyl (C=O) groups is 1. The molecule has 0 radical (unpaired) electrons. The summed E-state index contributed by atoms with van der Waals surface area (Å²) in [5.74, 6) is 2.33. The van der Waals surface area contributed by atoms with Gasteiger partial charge in [-0.05, 0) is 49.1 Å². The Balaban J connectivity index is 1.53. The van der Waals surface area contributed by atoms with Crippen molar-refractivity contribution in [3.05, 3.63) is 60.9 Å². The fraction of sp³-hybridized carbons (Fsp3) is 0.292. The third-order valence-electron chi connectivity index (χ3n) is 5.55. The highest BCUT2D eigenvalue weighted by Crippen LogP contribution is 2.35. The molecule has 1 aliphatic carbocycles. The summed E-state index contributed by atoms with van der Waals surface area (Å²) < 4.78 is 10.8. The van der Waals surface area contributed by atoms with E-state index in [2.05, 4.69) is 15.3 Å². The van der Waals surface area contributed by atoms with Gasteiger partial charge in [0.15, 0.2) is 0 Å². The van der Waals surface area contributed by atoms with Crippen molar-refractivity contribution in [2.24, 2.45) is 5.92 Å². The lowest BCUT2D eigenvalue weighted by Gasteiger charge is -2.29. The molecule has 2 atom stereocenters. The Morgan fingerprint density at radius 2 is 1.77 bits per heavy atom. The Bertz CT molecular complexity index is 1020. The van der Waals surface area contributed by atoms with Crippen molar-refractivity contribution in [1.82, 2.24) is 9.97 Å². The minimum absolute atomic E-state index is 0.0895. The number of nitrogens with one attached hydrogen (secondary N) is 1. The van der Waals surface area contributed by atoms with Gasteiger partial charge in [-0.1, -0.05) is 36.8 Å². The predicted molar refractivity (Wildman–Crippen MR) is 120 cm³/mol. The summed E-state index contributed by atoms with van der Waals surface area (Å²) in [4.78, 5) is 20.6. The summed E-state index contributed by atoms with van der Waals surface area (Å²) in [6, 6.07) is 17.4. The average Bonchev–Trinajstić information content (AvgIpc) is 2.80. The van der Waals surface area contributed by atoms with Gasteiger partial charge in [-0.3, -0.25) is 4.79 Å². The van der Waals surface area contributed by atoms with E-state index in [1.165, 1.54) is 13.4 Å². The topological polar surface area (TPSA) is 99.4 Å². The normalized spacial score (nSPS) is 18.2. The fourth-order valence-corrected chi connectivity index (χ4v) is 4.00. The van der Waals surface area contributed by atoms with E-state index in [0.717, 1.165) is 41.9 Å². The maximum Gasteiger partial charge on any atom is 0.308 e. The molecule has 1 fully saturated rings. The van der Waals surface area contributed by atoms with E-state index in [4.69, 9.17) is 15.2 Å². The van der Waals surface area contributed by atoms with Crippen molar-refractivity contribution in [2.75, 3.05) is 18.2 Å². The Labute approximate surface area is 181 Å². The molecule has 1 aromatic heterocycles. The molecule has 7 nitrogen and oxygen atoms in total. The van der Waals surface area contributed by atoms with E-state index in [1.807, 2.05) is 54.6 Å². The molecule has 160 valence electrons. The lowest BCUT2D eigenvalue weighted by molar-refractivity contribution is -0.146. The van der Waals surface area contributed by atoms with Crippen LogP contribution in [0.2, 0.25) is 0 Å². The van der Waals surface area contributed by atoms with Gasteiger partial charge in [-0.15, -0.1) is 0 Å². The monoisotopic (exact) mass is 418 g/mol. The Hall–Kier alpha value is -3.61. The Morgan fingerprint density at radius 1 is 1.03 bits per heavy atom. The number of benzene rings is 2. The highest BCUT2D eigenvalue weighted by molar-refractivity contribution is 5.83. The van der Waals surface area contributed by atoms with E-state index in [1.54, 1.807) is 0 Å². The molecule has 7 heteroatoms. The van der Waals surface area contributed by atoms with Gasteiger partial charge in [0.2, 0.25) is 0 Å². The van der Waals surface area contributed by atoms with Crippen LogP contribution in [0.4, 0.5) is 11.6 Å². The second-order valence-corrected chi connectivity index (χ2v) is 7.65. The molecule has 0 bridgehead atoms. The van der Waals surface area contributed by atoms with Gasteiger partial charge in [0, 0.05) is 6.04 Å². The molecule has 0 unspecified atom stereocenters. The molecule has 0 aliphatic heterocycles. The van der Waals surface area contributed by atoms with Crippen molar-refractivity contribution in [1.29, 1.82) is 0 Å². The first-order chi connectivity index (χ1) is 15.1. The molecule has 2 aromatic carbocycles. The van der Waals surface area contributed by atoms with Crippen molar-refractivity contribution in [2.45, 2.75) is 31.7 Å². The summed E-state index contributed by atoms with van der Waals surface area (Å²) in [5, 5.41) is 3.48. The number of methoxy groups -OCH3 is 1. The molecule has 31 heavy (non-hydrogen) atoms. The number of carbonyl (C=O) groups excluding carboxylic acids is 1. The highest BCUT2D eigenvalue weighted by Gasteiger charge is 2.28. The zero-order valence-corrected chi connectivity index (χ0v) is 17.5. The van der Waals surface area contributed by atoms with Gasteiger partial charge in [0.25, 0.3) is 0 Å². The number of esters is 1. The molecular weight excluding hydrogens is 392 g/mol. The summed E-state index contributed by atoms with van der Waals surface area (Å²) in [5.41, 5.74) is 7.86. The molecule has 1 saturated carbocycles. The van der Waals surface area contributed by atoms with Gasteiger partial charge in [-0.2, -0.15) is 0 Å². The summed E-state index contributed by atoms with van der Waals surface area (Å²) in [6.45, 7) is 0. The zero-order chi connectivity index (χ0) is 21.6. The minimum atomic E-state index is -0.150. The number of aromatic nitrogens is 2. The largest absolute Gasteiger partial charge is 0.469 e. The SMILES string of the molecule is COC(=O)[C@H]1CCC[C@H](Nc2ncnc(N)c2-c2ccc(Oc3ccccc3)cc2)C1. The van der Waals surface area contributed by atoms with Crippen LogP contribution in [0.5, 0.6) is 11.5 Å². The van der Waals surface area contributed by atoms with Crippen molar-refractivity contribution < 1.29 is 14.3 Å². The van der Waals surface area contributed by atoms with Gasteiger partial charge in [-0.25, -0.2) is 9.97 Å². The number of hydrogen-bond donors (Lipinski definition) is 2. The van der Waals surface area contributed by atoms with Crippen LogP contribution >= 0.6 is 0 Å². The average molecular weight is 418 g/mol. The molecular formula is C24H26N4O3. The van der Waals surface area contributed by atoms with E-state index < -0.39 is 0 Å². The maximum atomic E-state index is 12.0. The lowest BCUT2D eigenvalue weighted by atomic mass is 9.85. The second-order valence-electron chi connectivity index (χ2n) is 7.65. The quantitative estimate of drug-likeness (QED) is 0.562. The highest BCUT2D eigenvalue weighted by atomic mass is 16.5. The maximum absolute atomic E-state index is 12.0. The minimum Gasteiger partial charge on any atom is -0.469 e. The molecule has 0 spiro atoms. The Morgan fingerprint density at radius 3 is 2.52 bits per heavy atom. The van der Waals surface area contributed by atoms with Crippen LogP contribution in [-0.2, 0) is 9.53 Å². The number of para-hydroxylation sites is 1. The standard InChI is InChI=1S/C24H26N4O3/c1-30-24(29)17-6-5-7-18(14-17)28-23-21(22(25)26-15-27-23)16-10-12-20(13-11-16)31-19-8-3-2-4-9-19/h2-4,8-13,15,17-18H,5-7,14H2,1H3,(H3,25,26,27,28)/t17-,18-/m0/s1. The first-order valence-electron chi connectivity index (χ1n) is 10.4. The van der Waals surface area contributed by atoms with Crippen LogP contribution in [0.1, 0.15) is 25.7 Å². The zero-order valence-electron chi connectivity index (χ0n) is 17.5. The van der Waals surface area contributed by atoms with Gasteiger partial charge in [0.1, 0.15) is 29.5 Å². The van der Waals surface area contributed by atoms with Crippen LogP contribution in [-0.4, -0.2) is 29.1 Å². The summed E-state index contributed by atoms with van der Waals surface area (Å²) >= 11 is 0. The van der Waals surface area contributed by atoms with Crippen LogP contribution in [0.15, 0.2) is 60.9 Å². The number of rotatable bonds is 6. The molecule has 1 aliphatic rings. The first kappa shape index (κ1) is 20.7. The smallest absolute Gasteiger partial charge is 0.308 e. The van der Waals surface area contributed by atoms with Crippen LogP contribution in [0.3, 0.4) is 0 Å². The van der Waals surface area contributed by atoms with Crippen LogP contribution in [0.25, 0.3) is 11.1 Å². The van der Waals surface area contributed by atoms with Gasteiger partial charge < -0.3 is 20.5 Å². The number of nitrogens with two attached hydrogens (primary N) is 1. The number of ether oxygens (including phenoxy) is 2. The first-order valence-corrected chi connectivity index (χ1v) is 10.4. The van der Waals surface area contributed by atoms with Gasteiger partial charge >= 0.3 is 5.97 Å². The predicted octanol–water partition coefficient (Wildman–Crippen LogP) is 4.66. The molecule has 4 rings (SSSR count). The van der Waals surface area contributed by atoms with Crippen molar-refractivity contribution >= 4 is 17.6 Å².